The topological polar surface area (TPSA) is 38.7 Å². The molecule has 2 aliphatic rings. The van der Waals surface area contributed by atoms with Crippen LogP contribution in [0.4, 0.5) is 0 Å². The number of hydrogen-bond acceptors (Lipinski definition) is 3. The third-order valence-electron chi connectivity index (χ3n) is 4.74. The second-order valence-electron chi connectivity index (χ2n) is 5.68. The number of aliphatic hydroxyl groups is 1. The average molecular weight is 262 g/mol. The van der Waals surface area contributed by atoms with Crippen LogP contribution >= 0.6 is 0 Å². The first kappa shape index (κ1) is 13.1. The number of methoxy groups -OCH3 is 1. The molecule has 3 rings (SSSR count). The molecular weight excluding hydrogens is 240 g/mol. The van der Waals surface area contributed by atoms with Crippen molar-refractivity contribution in [3.63, 3.8) is 0 Å². The van der Waals surface area contributed by atoms with Gasteiger partial charge in [0.15, 0.2) is 0 Å². The second-order valence-corrected chi connectivity index (χ2v) is 5.68. The maximum atomic E-state index is 10.5. The van der Waals surface area contributed by atoms with E-state index in [1.54, 1.807) is 7.11 Å². The summed E-state index contributed by atoms with van der Waals surface area (Å²) in [5.74, 6) is 0. The quantitative estimate of drug-likeness (QED) is 0.906. The molecule has 1 aromatic carbocycles. The van der Waals surface area contributed by atoms with E-state index < -0.39 is 6.10 Å². The normalized spacial score (nSPS) is 26.3. The Labute approximate surface area is 114 Å². The van der Waals surface area contributed by atoms with E-state index >= 15 is 0 Å². The zero-order valence-electron chi connectivity index (χ0n) is 11.5. The molecular formula is C16H22O3. The SMILES string of the molecule is COC1(C(O)CC2OCCc3ccccc32)CCC1. The predicted octanol–water partition coefficient (Wildman–Crippen LogP) is 2.62. The Morgan fingerprint density at radius 1 is 1.42 bits per heavy atom. The maximum absolute atomic E-state index is 10.5. The molecule has 19 heavy (non-hydrogen) atoms. The summed E-state index contributed by atoms with van der Waals surface area (Å²) in [6, 6.07) is 8.39. The van der Waals surface area contributed by atoms with Crippen molar-refractivity contribution in [2.24, 2.45) is 0 Å². The van der Waals surface area contributed by atoms with Gasteiger partial charge in [-0.2, -0.15) is 0 Å². The smallest absolute Gasteiger partial charge is 0.0937 e. The van der Waals surface area contributed by atoms with Gasteiger partial charge in [0.2, 0.25) is 0 Å². The number of hydrogen-bond donors (Lipinski definition) is 1. The van der Waals surface area contributed by atoms with Crippen molar-refractivity contribution in [2.75, 3.05) is 13.7 Å². The lowest BCUT2D eigenvalue weighted by Crippen LogP contribution is -2.50. The van der Waals surface area contributed by atoms with Crippen LogP contribution in [0.3, 0.4) is 0 Å². The number of aliphatic hydroxyl groups excluding tert-OH is 1. The average Bonchev–Trinajstić information content (AvgIpc) is 2.38. The van der Waals surface area contributed by atoms with Gasteiger partial charge in [0, 0.05) is 13.5 Å². The van der Waals surface area contributed by atoms with Crippen LogP contribution in [0.15, 0.2) is 24.3 Å². The number of fused-ring (bicyclic) bond motifs is 1. The van der Waals surface area contributed by atoms with Gasteiger partial charge in [0.25, 0.3) is 0 Å². The first-order chi connectivity index (χ1) is 9.25. The Bertz CT molecular complexity index is 434. The Kier molecular flexibility index (Phi) is 3.61. The molecule has 1 heterocycles. The molecule has 1 saturated carbocycles. The van der Waals surface area contributed by atoms with Crippen molar-refractivity contribution in [1.29, 1.82) is 0 Å². The van der Waals surface area contributed by atoms with E-state index in [2.05, 4.69) is 18.2 Å². The van der Waals surface area contributed by atoms with Gasteiger partial charge >= 0.3 is 0 Å². The van der Waals surface area contributed by atoms with Crippen LogP contribution in [0.1, 0.15) is 42.9 Å². The third kappa shape index (κ3) is 2.31. The summed E-state index contributed by atoms with van der Waals surface area (Å²) >= 11 is 0. The van der Waals surface area contributed by atoms with Crippen LogP contribution in [0.5, 0.6) is 0 Å². The molecule has 1 aromatic rings. The van der Waals surface area contributed by atoms with Gasteiger partial charge in [-0.15, -0.1) is 0 Å². The Morgan fingerprint density at radius 3 is 2.89 bits per heavy atom. The van der Waals surface area contributed by atoms with Crippen LogP contribution in [0.25, 0.3) is 0 Å². The van der Waals surface area contributed by atoms with E-state index in [1.807, 2.05) is 6.07 Å². The van der Waals surface area contributed by atoms with Crippen LogP contribution in [0, 0.1) is 0 Å². The van der Waals surface area contributed by atoms with Crippen molar-refractivity contribution in [3.8, 4) is 0 Å². The van der Waals surface area contributed by atoms with Crippen molar-refractivity contribution in [1.82, 2.24) is 0 Å². The van der Waals surface area contributed by atoms with E-state index in [-0.39, 0.29) is 11.7 Å². The van der Waals surface area contributed by atoms with Gasteiger partial charge in [-0.3, -0.25) is 0 Å². The Hall–Kier alpha value is -0.900. The van der Waals surface area contributed by atoms with Gasteiger partial charge < -0.3 is 14.6 Å². The molecule has 104 valence electrons. The fourth-order valence-electron chi connectivity index (χ4n) is 3.29. The lowest BCUT2D eigenvalue weighted by atomic mass is 9.73. The highest BCUT2D eigenvalue weighted by molar-refractivity contribution is 5.31. The molecule has 1 fully saturated rings. The van der Waals surface area contributed by atoms with E-state index in [1.165, 1.54) is 11.1 Å². The minimum Gasteiger partial charge on any atom is -0.390 e. The molecule has 0 radical (unpaired) electrons. The maximum Gasteiger partial charge on any atom is 0.0937 e. The summed E-state index contributed by atoms with van der Waals surface area (Å²) in [4.78, 5) is 0. The molecule has 0 aromatic heterocycles. The van der Waals surface area contributed by atoms with E-state index in [0.717, 1.165) is 32.3 Å². The number of ether oxygens (including phenoxy) is 2. The first-order valence-electron chi connectivity index (χ1n) is 7.18. The minimum absolute atomic E-state index is 0.00701. The monoisotopic (exact) mass is 262 g/mol. The summed E-state index contributed by atoms with van der Waals surface area (Å²) in [6.07, 6.45) is 4.23. The highest BCUT2D eigenvalue weighted by Gasteiger charge is 2.45. The number of benzene rings is 1. The van der Waals surface area contributed by atoms with Crippen molar-refractivity contribution >= 4 is 0 Å². The highest BCUT2D eigenvalue weighted by Crippen LogP contribution is 2.42. The fourth-order valence-corrected chi connectivity index (χ4v) is 3.29. The summed E-state index contributed by atoms with van der Waals surface area (Å²) in [5.41, 5.74) is 2.26. The fraction of sp³-hybridized carbons (Fsp3) is 0.625. The predicted molar refractivity (Wildman–Crippen MR) is 73.1 cm³/mol. The van der Waals surface area contributed by atoms with Gasteiger partial charge in [0.05, 0.1) is 24.4 Å². The zero-order chi connectivity index (χ0) is 13.3. The van der Waals surface area contributed by atoms with Crippen molar-refractivity contribution in [2.45, 2.75) is 49.9 Å². The van der Waals surface area contributed by atoms with Crippen molar-refractivity contribution in [3.05, 3.63) is 35.4 Å². The third-order valence-corrected chi connectivity index (χ3v) is 4.74. The highest BCUT2D eigenvalue weighted by atomic mass is 16.5. The van der Waals surface area contributed by atoms with Crippen LogP contribution in [-0.2, 0) is 15.9 Å². The molecule has 1 aliphatic carbocycles. The molecule has 2 atom stereocenters. The van der Waals surface area contributed by atoms with Crippen LogP contribution < -0.4 is 0 Å². The minimum atomic E-state index is -0.442. The lowest BCUT2D eigenvalue weighted by Gasteiger charge is -2.45. The molecule has 0 spiro atoms. The summed E-state index contributed by atoms with van der Waals surface area (Å²) in [5, 5.41) is 10.5. The molecule has 0 saturated heterocycles. The summed E-state index contributed by atoms with van der Waals surface area (Å²) in [7, 11) is 1.71. The molecule has 1 N–H and O–H groups in total. The zero-order valence-corrected chi connectivity index (χ0v) is 11.5. The Morgan fingerprint density at radius 2 is 2.21 bits per heavy atom. The van der Waals surface area contributed by atoms with E-state index in [0.29, 0.717) is 6.42 Å². The first-order valence-corrected chi connectivity index (χ1v) is 7.18. The summed E-state index contributed by atoms with van der Waals surface area (Å²) in [6.45, 7) is 0.744. The van der Waals surface area contributed by atoms with Gasteiger partial charge in [0.1, 0.15) is 0 Å². The standard InChI is InChI=1S/C16H22O3/c1-18-16(8-4-9-16)15(17)11-14-13-6-3-2-5-12(13)7-10-19-14/h2-3,5-6,14-15,17H,4,7-11H2,1H3. The molecule has 2 unspecified atom stereocenters. The lowest BCUT2D eigenvalue weighted by molar-refractivity contribution is -0.162. The molecule has 0 amide bonds. The molecule has 3 heteroatoms. The molecule has 0 bridgehead atoms. The Balaban J connectivity index is 1.74. The van der Waals surface area contributed by atoms with E-state index in [4.69, 9.17) is 9.47 Å². The van der Waals surface area contributed by atoms with Crippen molar-refractivity contribution < 1.29 is 14.6 Å². The van der Waals surface area contributed by atoms with Crippen LogP contribution in [-0.4, -0.2) is 30.5 Å². The van der Waals surface area contributed by atoms with E-state index in [9.17, 15) is 5.11 Å². The van der Waals surface area contributed by atoms with Crippen LogP contribution in [0.2, 0.25) is 0 Å². The second kappa shape index (κ2) is 5.23. The van der Waals surface area contributed by atoms with Gasteiger partial charge in [-0.05, 0) is 36.8 Å². The van der Waals surface area contributed by atoms with Gasteiger partial charge in [-0.1, -0.05) is 24.3 Å². The van der Waals surface area contributed by atoms with Gasteiger partial charge in [-0.25, -0.2) is 0 Å². The largest absolute Gasteiger partial charge is 0.390 e. The number of rotatable bonds is 4. The molecule has 1 aliphatic heterocycles. The molecule has 3 nitrogen and oxygen atoms in total. The summed E-state index contributed by atoms with van der Waals surface area (Å²) < 4.78 is 11.4.